The molecule has 1 rings (SSSR count). The summed E-state index contributed by atoms with van der Waals surface area (Å²) in [4.78, 5) is 0. The first-order chi connectivity index (χ1) is 4.64. The third-order valence-electron chi connectivity index (χ3n) is 1.42. The predicted molar refractivity (Wildman–Crippen MR) is 49.8 cm³/mol. The van der Waals surface area contributed by atoms with Gasteiger partial charge in [-0.3, -0.25) is 0 Å². The van der Waals surface area contributed by atoms with Crippen molar-refractivity contribution in [2.45, 2.75) is 23.2 Å². The molecule has 1 heterocycles. The van der Waals surface area contributed by atoms with Crippen LogP contribution in [0.5, 0.6) is 0 Å². The van der Waals surface area contributed by atoms with Gasteiger partial charge in [0, 0.05) is 18.1 Å². The standard InChI is InChI=1S/C7H14OS2/c1-7(2)9-5-6(10-7)4-8-3/h6H,4-5H2,1-3H3. The highest BCUT2D eigenvalue weighted by Gasteiger charge is 2.31. The zero-order chi connectivity index (χ0) is 7.61. The fraction of sp³-hybridized carbons (Fsp3) is 1.00. The van der Waals surface area contributed by atoms with Crippen LogP contribution in [0.3, 0.4) is 0 Å². The normalized spacial score (nSPS) is 30.9. The monoisotopic (exact) mass is 178 g/mol. The zero-order valence-corrected chi connectivity index (χ0v) is 8.35. The van der Waals surface area contributed by atoms with Gasteiger partial charge >= 0.3 is 0 Å². The van der Waals surface area contributed by atoms with E-state index in [1.165, 1.54) is 5.75 Å². The summed E-state index contributed by atoms with van der Waals surface area (Å²) in [6.45, 7) is 5.46. The molecule has 0 saturated carbocycles. The van der Waals surface area contributed by atoms with Gasteiger partial charge in [0.05, 0.1) is 10.7 Å². The van der Waals surface area contributed by atoms with Gasteiger partial charge in [-0.05, 0) is 13.8 Å². The third kappa shape index (κ3) is 2.36. The molecular weight excluding hydrogens is 164 g/mol. The van der Waals surface area contributed by atoms with Gasteiger partial charge < -0.3 is 4.74 Å². The van der Waals surface area contributed by atoms with Crippen LogP contribution in [0.2, 0.25) is 0 Å². The minimum Gasteiger partial charge on any atom is -0.384 e. The van der Waals surface area contributed by atoms with Gasteiger partial charge in [0.15, 0.2) is 0 Å². The summed E-state index contributed by atoms with van der Waals surface area (Å²) in [5, 5.41) is 0.713. The molecule has 3 heteroatoms. The first-order valence-corrected chi connectivity index (χ1v) is 5.31. The number of rotatable bonds is 2. The lowest BCUT2D eigenvalue weighted by Crippen LogP contribution is -2.10. The van der Waals surface area contributed by atoms with Gasteiger partial charge in [-0.15, -0.1) is 23.5 Å². The van der Waals surface area contributed by atoms with Crippen LogP contribution in [0, 0.1) is 0 Å². The van der Waals surface area contributed by atoms with Crippen molar-refractivity contribution in [1.29, 1.82) is 0 Å². The summed E-state index contributed by atoms with van der Waals surface area (Å²) in [6.07, 6.45) is 0. The molecule has 0 aromatic carbocycles. The van der Waals surface area contributed by atoms with Crippen molar-refractivity contribution in [3.05, 3.63) is 0 Å². The van der Waals surface area contributed by atoms with Crippen LogP contribution in [-0.4, -0.2) is 28.8 Å². The second-order valence-electron chi connectivity index (χ2n) is 2.91. The van der Waals surface area contributed by atoms with Crippen molar-refractivity contribution >= 4 is 23.5 Å². The summed E-state index contributed by atoms with van der Waals surface area (Å²) >= 11 is 4.06. The van der Waals surface area contributed by atoms with Gasteiger partial charge in [0.25, 0.3) is 0 Å². The molecule has 1 unspecified atom stereocenters. The van der Waals surface area contributed by atoms with E-state index < -0.39 is 0 Å². The van der Waals surface area contributed by atoms with Crippen LogP contribution in [0.25, 0.3) is 0 Å². The van der Waals surface area contributed by atoms with E-state index in [2.05, 4.69) is 13.8 Å². The smallest absolute Gasteiger partial charge is 0.0589 e. The largest absolute Gasteiger partial charge is 0.384 e. The van der Waals surface area contributed by atoms with Gasteiger partial charge in [0.2, 0.25) is 0 Å². The summed E-state index contributed by atoms with van der Waals surface area (Å²) in [6, 6.07) is 0. The van der Waals surface area contributed by atoms with E-state index in [-0.39, 0.29) is 0 Å². The number of methoxy groups -OCH3 is 1. The van der Waals surface area contributed by atoms with E-state index in [1.807, 2.05) is 23.5 Å². The highest BCUT2D eigenvalue weighted by molar-refractivity contribution is 8.21. The van der Waals surface area contributed by atoms with E-state index in [0.29, 0.717) is 9.33 Å². The first-order valence-electron chi connectivity index (χ1n) is 3.45. The minimum absolute atomic E-state index is 0.420. The second kappa shape index (κ2) is 3.37. The summed E-state index contributed by atoms with van der Waals surface area (Å²) in [7, 11) is 1.77. The van der Waals surface area contributed by atoms with Crippen LogP contribution < -0.4 is 0 Å². The van der Waals surface area contributed by atoms with E-state index in [4.69, 9.17) is 4.74 Å². The van der Waals surface area contributed by atoms with Crippen LogP contribution in [0.1, 0.15) is 13.8 Å². The molecule has 0 spiro atoms. The third-order valence-corrected chi connectivity index (χ3v) is 4.74. The predicted octanol–water partition coefficient (Wildman–Crippen LogP) is 2.22. The van der Waals surface area contributed by atoms with Gasteiger partial charge in [-0.25, -0.2) is 0 Å². The lowest BCUT2D eigenvalue weighted by atomic mass is 10.5. The highest BCUT2D eigenvalue weighted by atomic mass is 32.2. The topological polar surface area (TPSA) is 9.23 Å². The summed E-state index contributed by atoms with van der Waals surface area (Å²) in [5.41, 5.74) is 0. The molecule has 1 atom stereocenters. The molecule has 10 heavy (non-hydrogen) atoms. The Balaban J connectivity index is 2.29. The second-order valence-corrected chi connectivity index (χ2v) is 6.73. The Bertz CT molecular complexity index is 114. The summed E-state index contributed by atoms with van der Waals surface area (Å²) in [5.74, 6) is 1.24. The van der Waals surface area contributed by atoms with Crippen molar-refractivity contribution in [3.63, 3.8) is 0 Å². The molecule has 1 fully saturated rings. The Kier molecular flexibility index (Phi) is 2.95. The number of hydrogen-bond acceptors (Lipinski definition) is 3. The lowest BCUT2D eigenvalue weighted by molar-refractivity contribution is 0.204. The van der Waals surface area contributed by atoms with E-state index in [1.54, 1.807) is 7.11 Å². The molecule has 60 valence electrons. The maximum Gasteiger partial charge on any atom is 0.0589 e. The number of ether oxygens (including phenoxy) is 1. The van der Waals surface area contributed by atoms with Crippen LogP contribution >= 0.6 is 23.5 Å². The molecule has 1 aliphatic rings. The molecular formula is C7H14OS2. The summed E-state index contributed by atoms with van der Waals surface area (Å²) < 4.78 is 5.50. The lowest BCUT2D eigenvalue weighted by Gasteiger charge is -2.14. The van der Waals surface area contributed by atoms with Crippen LogP contribution in [0.4, 0.5) is 0 Å². The Hall–Kier alpha value is 0.660. The average molecular weight is 178 g/mol. The fourth-order valence-electron chi connectivity index (χ4n) is 1.03. The van der Waals surface area contributed by atoms with E-state index in [0.717, 1.165) is 6.61 Å². The molecule has 1 nitrogen and oxygen atoms in total. The first kappa shape index (κ1) is 8.75. The van der Waals surface area contributed by atoms with E-state index >= 15 is 0 Å². The Morgan fingerprint density at radius 3 is 2.70 bits per heavy atom. The number of hydrogen-bond donors (Lipinski definition) is 0. The Morgan fingerprint density at radius 2 is 2.30 bits per heavy atom. The highest BCUT2D eigenvalue weighted by Crippen LogP contribution is 2.47. The molecule has 0 radical (unpaired) electrons. The molecule has 1 aliphatic heterocycles. The molecule has 0 aliphatic carbocycles. The van der Waals surface area contributed by atoms with Crippen molar-refractivity contribution in [2.75, 3.05) is 19.5 Å². The van der Waals surface area contributed by atoms with Gasteiger partial charge in [-0.1, -0.05) is 0 Å². The van der Waals surface area contributed by atoms with Crippen LogP contribution in [-0.2, 0) is 4.74 Å². The molecule has 0 N–H and O–H groups in total. The van der Waals surface area contributed by atoms with Gasteiger partial charge in [0.1, 0.15) is 0 Å². The van der Waals surface area contributed by atoms with Crippen molar-refractivity contribution in [3.8, 4) is 0 Å². The molecule has 0 bridgehead atoms. The average Bonchev–Trinajstić information content (AvgIpc) is 2.12. The maximum absolute atomic E-state index is 5.08. The number of thioether (sulfide) groups is 2. The van der Waals surface area contributed by atoms with Gasteiger partial charge in [-0.2, -0.15) is 0 Å². The van der Waals surface area contributed by atoms with Crippen molar-refractivity contribution in [2.24, 2.45) is 0 Å². The van der Waals surface area contributed by atoms with Crippen molar-refractivity contribution in [1.82, 2.24) is 0 Å². The molecule has 0 aromatic heterocycles. The zero-order valence-electron chi connectivity index (χ0n) is 6.72. The van der Waals surface area contributed by atoms with E-state index in [9.17, 15) is 0 Å². The molecule has 0 aromatic rings. The Morgan fingerprint density at radius 1 is 1.60 bits per heavy atom. The Labute approximate surface area is 71.3 Å². The van der Waals surface area contributed by atoms with Crippen LogP contribution in [0.15, 0.2) is 0 Å². The SMILES string of the molecule is COCC1CSC(C)(C)S1. The minimum atomic E-state index is 0.420. The van der Waals surface area contributed by atoms with Crippen molar-refractivity contribution < 1.29 is 4.74 Å². The molecule has 1 saturated heterocycles. The maximum atomic E-state index is 5.08. The molecule has 0 amide bonds. The quantitative estimate of drug-likeness (QED) is 0.641. The fourth-order valence-corrected chi connectivity index (χ4v) is 4.08.